The highest BCUT2D eigenvalue weighted by Gasteiger charge is 2.18. The van der Waals surface area contributed by atoms with E-state index >= 15 is 0 Å². The van der Waals surface area contributed by atoms with Crippen molar-refractivity contribution >= 4 is 48.9 Å². The molecule has 3 heterocycles. The fraction of sp³-hybridized carbons (Fsp3) is 0.0208. The van der Waals surface area contributed by atoms with Gasteiger partial charge in [0, 0.05) is 35.4 Å². The topological polar surface area (TPSA) is 29.9 Å². The summed E-state index contributed by atoms with van der Waals surface area (Å²) in [6.07, 6.45) is 10.2. The van der Waals surface area contributed by atoms with Crippen LogP contribution in [0, 0.1) is 0 Å². The standard InChI is InChI=1S/C48H33N3/c1-2-8-36(9-3-1)51-47-30-34(39-20-18-37(32-22-26-49-27-23-32)41-10-4-6-12-43(39)41)14-16-45(47)46-17-15-35(31-48(46)51)40-21-19-38(33-24-28-50-29-25-33)42-11-5-7-13-44(40)42/h1-28,30-31,50H,29H2. The summed E-state index contributed by atoms with van der Waals surface area (Å²) >= 11 is 0. The molecule has 0 amide bonds. The first-order valence-electron chi connectivity index (χ1n) is 17.5. The van der Waals surface area contributed by atoms with Gasteiger partial charge in [-0.3, -0.25) is 4.98 Å². The third-order valence-corrected chi connectivity index (χ3v) is 10.4. The van der Waals surface area contributed by atoms with Crippen LogP contribution in [0.25, 0.3) is 88.0 Å². The molecule has 0 atom stereocenters. The number of fused-ring (bicyclic) bond motifs is 5. The lowest BCUT2D eigenvalue weighted by Crippen LogP contribution is -2.08. The number of benzene rings is 7. The molecule has 1 aliphatic heterocycles. The van der Waals surface area contributed by atoms with Crippen molar-refractivity contribution in [3.63, 3.8) is 0 Å². The molecular formula is C48H33N3. The molecule has 240 valence electrons. The van der Waals surface area contributed by atoms with Crippen LogP contribution in [0.1, 0.15) is 5.56 Å². The van der Waals surface area contributed by atoms with Gasteiger partial charge in [-0.15, -0.1) is 0 Å². The van der Waals surface area contributed by atoms with Crippen molar-refractivity contribution in [2.75, 3.05) is 6.54 Å². The van der Waals surface area contributed by atoms with Gasteiger partial charge in [0.05, 0.1) is 11.0 Å². The Labute approximate surface area is 296 Å². The smallest absolute Gasteiger partial charge is 0.0547 e. The van der Waals surface area contributed by atoms with Gasteiger partial charge in [0.25, 0.3) is 0 Å². The van der Waals surface area contributed by atoms with Crippen LogP contribution in [0.4, 0.5) is 0 Å². The van der Waals surface area contributed by atoms with E-state index in [4.69, 9.17) is 0 Å². The van der Waals surface area contributed by atoms with Crippen LogP contribution in [0.5, 0.6) is 0 Å². The summed E-state index contributed by atoms with van der Waals surface area (Å²) in [6, 6.07) is 55.5. The highest BCUT2D eigenvalue weighted by Crippen LogP contribution is 2.41. The van der Waals surface area contributed by atoms with Crippen LogP contribution in [-0.4, -0.2) is 16.1 Å². The number of dihydropyridines is 1. The quantitative estimate of drug-likeness (QED) is 0.201. The Hall–Kier alpha value is -6.71. The maximum Gasteiger partial charge on any atom is 0.0547 e. The number of hydrogen-bond donors (Lipinski definition) is 1. The van der Waals surface area contributed by atoms with Crippen LogP contribution in [0.15, 0.2) is 182 Å². The van der Waals surface area contributed by atoms with E-state index in [-0.39, 0.29) is 0 Å². The summed E-state index contributed by atoms with van der Waals surface area (Å²) in [6.45, 7) is 0.845. The summed E-state index contributed by atoms with van der Waals surface area (Å²) in [5, 5.41) is 10.8. The lowest BCUT2D eigenvalue weighted by molar-refractivity contribution is 0.976. The van der Waals surface area contributed by atoms with Crippen LogP contribution < -0.4 is 5.32 Å². The molecule has 1 aliphatic rings. The van der Waals surface area contributed by atoms with Crippen molar-refractivity contribution in [1.29, 1.82) is 0 Å². The molecule has 7 aromatic carbocycles. The van der Waals surface area contributed by atoms with Crippen LogP contribution >= 0.6 is 0 Å². The number of allylic oxidation sites excluding steroid dienone is 2. The van der Waals surface area contributed by atoms with Crippen LogP contribution in [0.2, 0.25) is 0 Å². The number of hydrogen-bond acceptors (Lipinski definition) is 2. The van der Waals surface area contributed by atoms with Gasteiger partial charge >= 0.3 is 0 Å². The van der Waals surface area contributed by atoms with Gasteiger partial charge in [0.1, 0.15) is 0 Å². The van der Waals surface area contributed by atoms with E-state index in [1.165, 1.54) is 87.9 Å². The molecule has 1 N–H and O–H groups in total. The van der Waals surface area contributed by atoms with Crippen LogP contribution in [-0.2, 0) is 0 Å². The summed E-state index contributed by atoms with van der Waals surface area (Å²) < 4.78 is 2.44. The van der Waals surface area contributed by atoms with Gasteiger partial charge in [0.2, 0.25) is 0 Å². The SMILES string of the molecule is C1=CC(c2ccc(-c3ccc4c5ccc(-c6ccc(-c7ccncc7)c7ccccc67)cc5n(-c5ccccc5)c4c3)c3ccccc23)=CCN1. The number of rotatable bonds is 5. The van der Waals surface area contributed by atoms with Crippen molar-refractivity contribution in [3.05, 3.63) is 188 Å². The zero-order valence-electron chi connectivity index (χ0n) is 27.9. The zero-order chi connectivity index (χ0) is 33.7. The summed E-state index contributed by atoms with van der Waals surface area (Å²) in [5.74, 6) is 0. The molecule has 0 fully saturated rings. The van der Waals surface area contributed by atoms with Gasteiger partial charge in [0.15, 0.2) is 0 Å². The summed E-state index contributed by atoms with van der Waals surface area (Å²) in [5.41, 5.74) is 13.3. The number of aromatic nitrogens is 2. The minimum absolute atomic E-state index is 0.845. The minimum Gasteiger partial charge on any atom is -0.387 e. The van der Waals surface area contributed by atoms with E-state index in [0.717, 1.165) is 12.2 Å². The first-order valence-corrected chi connectivity index (χ1v) is 17.5. The fourth-order valence-corrected chi connectivity index (χ4v) is 8.00. The number of nitrogens with zero attached hydrogens (tertiary/aromatic N) is 2. The second kappa shape index (κ2) is 12.0. The maximum absolute atomic E-state index is 4.24. The van der Waals surface area contributed by atoms with E-state index in [1.54, 1.807) is 0 Å². The predicted molar refractivity (Wildman–Crippen MR) is 215 cm³/mol. The molecule has 0 aliphatic carbocycles. The number of para-hydroxylation sites is 1. The molecule has 51 heavy (non-hydrogen) atoms. The zero-order valence-corrected chi connectivity index (χ0v) is 27.9. The molecule has 0 bridgehead atoms. The predicted octanol–water partition coefficient (Wildman–Crippen LogP) is 12.0. The Bertz CT molecular complexity index is 2840. The normalized spacial score (nSPS) is 12.8. The average molecular weight is 652 g/mol. The van der Waals surface area contributed by atoms with E-state index in [9.17, 15) is 0 Å². The van der Waals surface area contributed by atoms with Crippen molar-refractivity contribution in [2.45, 2.75) is 0 Å². The summed E-state index contributed by atoms with van der Waals surface area (Å²) in [4.78, 5) is 4.24. The fourth-order valence-electron chi connectivity index (χ4n) is 8.00. The van der Waals surface area contributed by atoms with Gasteiger partial charge < -0.3 is 9.88 Å². The first-order chi connectivity index (χ1) is 25.3. The number of pyridine rings is 1. The monoisotopic (exact) mass is 651 g/mol. The Morgan fingerprint density at radius 3 is 1.51 bits per heavy atom. The Morgan fingerprint density at radius 1 is 0.451 bits per heavy atom. The van der Waals surface area contributed by atoms with Gasteiger partial charge in [-0.25, -0.2) is 0 Å². The first kappa shape index (κ1) is 29.2. The van der Waals surface area contributed by atoms with E-state index in [1.807, 2.05) is 18.6 Å². The van der Waals surface area contributed by atoms with Crippen molar-refractivity contribution in [1.82, 2.24) is 14.9 Å². The van der Waals surface area contributed by atoms with E-state index in [0.29, 0.717) is 0 Å². The molecule has 0 radical (unpaired) electrons. The Morgan fingerprint density at radius 2 is 0.961 bits per heavy atom. The van der Waals surface area contributed by atoms with Gasteiger partial charge in [-0.1, -0.05) is 121 Å². The number of nitrogens with one attached hydrogen (secondary N) is 1. The third-order valence-electron chi connectivity index (χ3n) is 10.4. The van der Waals surface area contributed by atoms with Crippen molar-refractivity contribution in [3.8, 4) is 39.1 Å². The van der Waals surface area contributed by atoms with E-state index in [2.05, 4.69) is 179 Å². The van der Waals surface area contributed by atoms with E-state index < -0.39 is 0 Å². The molecule has 10 rings (SSSR count). The second-order valence-corrected chi connectivity index (χ2v) is 13.2. The Kier molecular flexibility index (Phi) is 6.88. The molecular weight excluding hydrogens is 619 g/mol. The highest BCUT2D eigenvalue weighted by atomic mass is 15.0. The molecule has 0 saturated heterocycles. The average Bonchev–Trinajstić information content (AvgIpc) is 3.54. The molecule has 2 aromatic heterocycles. The summed E-state index contributed by atoms with van der Waals surface area (Å²) in [7, 11) is 0. The van der Waals surface area contributed by atoms with Crippen molar-refractivity contribution < 1.29 is 0 Å². The molecule has 0 saturated carbocycles. The maximum atomic E-state index is 4.24. The highest BCUT2D eigenvalue weighted by molar-refractivity contribution is 6.13. The second-order valence-electron chi connectivity index (χ2n) is 13.2. The molecule has 3 heteroatoms. The molecule has 0 spiro atoms. The molecule has 0 unspecified atom stereocenters. The van der Waals surface area contributed by atoms with Crippen LogP contribution in [0.3, 0.4) is 0 Å². The Balaban J connectivity index is 1.18. The lowest BCUT2D eigenvalue weighted by atomic mass is 9.91. The van der Waals surface area contributed by atoms with Gasteiger partial charge in [-0.2, -0.15) is 0 Å². The minimum atomic E-state index is 0.845. The lowest BCUT2D eigenvalue weighted by Gasteiger charge is -2.15. The molecule has 3 nitrogen and oxygen atoms in total. The largest absolute Gasteiger partial charge is 0.387 e. The van der Waals surface area contributed by atoms with Gasteiger partial charge in [-0.05, 0) is 115 Å². The molecule has 9 aromatic rings. The van der Waals surface area contributed by atoms with Crippen molar-refractivity contribution in [2.24, 2.45) is 0 Å². The third kappa shape index (κ3) is 4.86.